The fraction of sp³-hybridized carbons (Fsp3) is 0.238. The van der Waals surface area contributed by atoms with Crippen molar-refractivity contribution in [2.45, 2.75) is 19.4 Å². The molecule has 0 amide bonds. The highest BCUT2D eigenvalue weighted by Crippen LogP contribution is 2.21. The zero-order valence-electron chi connectivity index (χ0n) is 17.0. The number of hydrogen-bond acceptors (Lipinski definition) is 5. The van der Waals surface area contributed by atoms with Gasteiger partial charge in [0.25, 0.3) is 0 Å². The molecule has 0 saturated carbocycles. The van der Waals surface area contributed by atoms with Crippen LogP contribution in [0, 0.1) is 17.1 Å². The van der Waals surface area contributed by atoms with Crippen LogP contribution in [0.1, 0.15) is 23.4 Å². The lowest BCUT2D eigenvalue weighted by molar-refractivity contribution is 0.627. The summed E-state index contributed by atoms with van der Waals surface area (Å²) in [6.07, 6.45) is 3.03. The van der Waals surface area contributed by atoms with Gasteiger partial charge in [0.15, 0.2) is 5.96 Å². The summed E-state index contributed by atoms with van der Waals surface area (Å²) in [5.74, 6) is 0.568. The Labute approximate surface area is 197 Å². The molecule has 0 aliphatic heterocycles. The minimum Gasteiger partial charge on any atom is -0.382 e. The molecule has 0 fully saturated rings. The van der Waals surface area contributed by atoms with Crippen molar-refractivity contribution in [1.82, 2.24) is 25.4 Å². The summed E-state index contributed by atoms with van der Waals surface area (Å²) in [5, 5.41) is 20.4. The molecule has 0 saturated heterocycles. The quantitative estimate of drug-likeness (QED) is 0.186. The molecule has 10 heteroatoms. The summed E-state index contributed by atoms with van der Waals surface area (Å²) in [5.41, 5.74) is 8.56. The van der Waals surface area contributed by atoms with E-state index < -0.39 is 0 Å². The number of anilines is 1. The Morgan fingerprint density at radius 2 is 2.00 bits per heavy atom. The van der Waals surface area contributed by atoms with Crippen LogP contribution in [0.2, 0.25) is 0 Å². The van der Waals surface area contributed by atoms with E-state index in [9.17, 15) is 9.65 Å². The zero-order chi connectivity index (χ0) is 21.3. The molecule has 0 aliphatic rings. The van der Waals surface area contributed by atoms with Gasteiger partial charge in [0.05, 0.1) is 23.6 Å². The number of nitrogens with two attached hydrogens (primary N) is 1. The van der Waals surface area contributed by atoms with E-state index in [0.717, 1.165) is 12.1 Å². The maximum atomic E-state index is 13.2. The minimum absolute atomic E-state index is 0. The number of aliphatic imine (C=N–C) groups is 1. The minimum atomic E-state index is -0.346. The van der Waals surface area contributed by atoms with E-state index in [1.807, 2.05) is 18.2 Å². The van der Waals surface area contributed by atoms with E-state index in [1.165, 1.54) is 16.8 Å². The molecule has 2 aromatic heterocycles. The molecule has 31 heavy (non-hydrogen) atoms. The van der Waals surface area contributed by atoms with Gasteiger partial charge < -0.3 is 16.4 Å². The molecule has 3 rings (SSSR count). The molecular formula is C21H24FIN8. The topological polar surface area (TPSA) is 117 Å². The molecule has 0 bridgehead atoms. The second kappa shape index (κ2) is 11.8. The van der Waals surface area contributed by atoms with Crippen LogP contribution >= 0.6 is 24.0 Å². The van der Waals surface area contributed by atoms with Gasteiger partial charge in [-0.05, 0) is 49.2 Å². The van der Waals surface area contributed by atoms with Gasteiger partial charge >= 0.3 is 0 Å². The van der Waals surface area contributed by atoms with E-state index in [2.05, 4.69) is 31.8 Å². The smallest absolute Gasteiger partial charge is 0.191 e. The summed E-state index contributed by atoms with van der Waals surface area (Å²) in [6.45, 7) is 1.20. The number of benzene rings is 1. The lowest BCUT2D eigenvalue weighted by Gasteiger charge is -2.11. The van der Waals surface area contributed by atoms with Crippen LogP contribution in [0.15, 0.2) is 53.7 Å². The SMILES string of the molecule is CN=C(NCCCc1nn(-c2ccc(F)cc2)c(N)c1C#N)NCc1ccccn1.I. The van der Waals surface area contributed by atoms with E-state index in [4.69, 9.17) is 5.73 Å². The molecule has 162 valence electrons. The van der Waals surface area contributed by atoms with E-state index in [1.54, 1.807) is 25.4 Å². The molecule has 2 heterocycles. The summed E-state index contributed by atoms with van der Waals surface area (Å²) >= 11 is 0. The van der Waals surface area contributed by atoms with Crippen LogP contribution in [0.3, 0.4) is 0 Å². The van der Waals surface area contributed by atoms with Gasteiger partial charge in [0, 0.05) is 19.8 Å². The number of aryl methyl sites for hydroxylation is 1. The van der Waals surface area contributed by atoms with Crippen LogP contribution in [-0.2, 0) is 13.0 Å². The monoisotopic (exact) mass is 534 g/mol. The fourth-order valence-electron chi connectivity index (χ4n) is 2.91. The molecule has 1 aromatic carbocycles. The number of halogens is 2. The molecule has 4 N–H and O–H groups in total. The highest BCUT2D eigenvalue weighted by atomic mass is 127. The van der Waals surface area contributed by atoms with Crippen LogP contribution in [-0.4, -0.2) is 34.3 Å². The van der Waals surface area contributed by atoms with Crippen LogP contribution < -0.4 is 16.4 Å². The first-order valence-electron chi connectivity index (χ1n) is 9.50. The van der Waals surface area contributed by atoms with Gasteiger partial charge in [0.1, 0.15) is 23.3 Å². The molecule has 0 spiro atoms. The third-order valence-corrected chi connectivity index (χ3v) is 4.45. The predicted molar refractivity (Wildman–Crippen MR) is 129 cm³/mol. The van der Waals surface area contributed by atoms with Gasteiger partial charge in [-0.15, -0.1) is 24.0 Å². The summed E-state index contributed by atoms with van der Waals surface area (Å²) < 4.78 is 14.6. The Bertz CT molecular complexity index is 1040. The second-order valence-corrected chi connectivity index (χ2v) is 6.48. The van der Waals surface area contributed by atoms with E-state index >= 15 is 0 Å². The van der Waals surface area contributed by atoms with Crippen LogP contribution in [0.25, 0.3) is 5.69 Å². The van der Waals surface area contributed by atoms with Crippen molar-refractivity contribution in [3.05, 3.63) is 71.4 Å². The van der Waals surface area contributed by atoms with Crippen molar-refractivity contribution in [2.24, 2.45) is 4.99 Å². The first kappa shape index (κ1) is 24.1. The van der Waals surface area contributed by atoms with E-state index in [-0.39, 0.29) is 35.6 Å². The van der Waals surface area contributed by atoms with Crippen molar-refractivity contribution in [3.63, 3.8) is 0 Å². The third-order valence-electron chi connectivity index (χ3n) is 4.45. The number of nitriles is 1. The number of nitrogens with zero attached hydrogens (tertiary/aromatic N) is 5. The summed E-state index contributed by atoms with van der Waals surface area (Å²) in [7, 11) is 1.70. The number of rotatable bonds is 7. The fourth-order valence-corrected chi connectivity index (χ4v) is 2.91. The molecule has 8 nitrogen and oxygen atoms in total. The predicted octanol–water partition coefficient (Wildman–Crippen LogP) is 2.78. The number of nitrogen functional groups attached to an aromatic ring is 1. The van der Waals surface area contributed by atoms with Crippen molar-refractivity contribution in [1.29, 1.82) is 5.26 Å². The van der Waals surface area contributed by atoms with Crippen molar-refractivity contribution in [2.75, 3.05) is 19.3 Å². The van der Waals surface area contributed by atoms with Crippen molar-refractivity contribution in [3.8, 4) is 11.8 Å². The standard InChI is InChI=1S/C21H23FN8.HI/c1-25-21(28-14-16-5-2-3-11-26-16)27-12-4-6-19-18(13-23)20(24)30(29-19)17-9-7-15(22)8-10-17;/h2-3,5,7-11H,4,6,12,14,24H2,1H3,(H2,25,27,28);1H. The molecule has 0 radical (unpaired) electrons. The van der Waals surface area contributed by atoms with Gasteiger partial charge in [-0.25, -0.2) is 9.07 Å². The van der Waals surface area contributed by atoms with Gasteiger partial charge in [-0.3, -0.25) is 9.98 Å². The number of nitrogens with one attached hydrogen (secondary N) is 2. The maximum absolute atomic E-state index is 13.2. The maximum Gasteiger partial charge on any atom is 0.191 e. The third kappa shape index (κ3) is 6.39. The number of guanidine groups is 1. The second-order valence-electron chi connectivity index (χ2n) is 6.48. The number of pyridine rings is 1. The lowest BCUT2D eigenvalue weighted by atomic mass is 10.1. The van der Waals surface area contributed by atoms with Crippen molar-refractivity contribution >= 4 is 35.8 Å². The average Bonchev–Trinajstić information content (AvgIpc) is 3.09. The Morgan fingerprint density at radius 3 is 2.65 bits per heavy atom. The van der Waals surface area contributed by atoms with Gasteiger partial charge in [-0.1, -0.05) is 6.07 Å². The van der Waals surface area contributed by atoms with Crippen molar-refractivity contribution < 1.29 is 4.39 Å². The Morgan fingerprint density at radius 1 is 1.23 bits per heavy atom. The summed E-state index contributed by atoms with van der Waals surface area (Å²) in [4.78, 5) is 8.45. The molecule has 0 unspecified atom stereocenters. The largest absolute Gasteiger partial charge is 0.382 e. The Hall–Kier alpha value is -3.20. The highest BCUT2D eigenvalue weighted by Gasteiger charge is 2.16. The van der Waals surface area contributed by atoms with Gasteiger partial charge in [0.2, 0.25) is 0 Å². The van der Waals surface area contributed by atoms with Crippen LogP contribution in [0.4, 0.5) is 10.2 Å². The average molecular weight is 534 g/mol. The molecule has 3 aromatic rings. The molecule has 0 atom stereocenters. The number of aromatic nitrogens is 3. The number of hydrogen-bond donors (Lipinski definition) is 3. The lowest BCUT2D eigenvalue weighted by Crippen LogP contribution is -2.37. The Balaban J connectivity index is 0.00000341. The van der Waals surface area contributed by atoms with Gasteiger partial charge in [-0.2, -0.15) is 10.4 Å². The Kier molecular flexibility index (Phi) is 9.20. The normalized spacial score (nSPS) is 10.8. The van der Waals surface area contributed by atoms with Crippen LogP contribution in [0.5, 0.6) is 0 Å². The molecular weight excluding hydrogens is 510 g/mol. The van der Waals surface area contributed by atoms with E-state index in [0.29, 0.717) is 42.4 Å². The first-order valence-corrected chi connectivity index (χ1v) is 9.50. The molecule has 0 aliphatic carbocycles. The first-order chi connectivity index (χ1) is 14.6. The highest BCUT2D eigenvalue weighted by molar-refractivity contribution is 14.0. The zero-order valence-corrected chi connectivity index (χ0v) is 19.4. The summed E-state index contributed by atoms with van der Waals surface area (Å²) in [6, 6.07) is 13.7.